The van der Waals surface area contributed by atoms with Crippen LogP contribution in [0.2, 0.25) is 0 Å². The molecule has 0 aromatic carbocycles. The van der Waals surface area contributed by atoms with Crippen LogP contribution < -0.4 is 0 Å². The number of halogens is 1. The molecule has 0 amide bonds. The summed E-state index contributed by atoms with van der Waals surface area (Å²) in [6, 6.07) is 0. The van der Waals surface area contributed by atoms with Crippen LogP contribution in [0.25, 0.3) is 0 Å². The predicted octanol–water partition coefficient (Wildman–Crippen LogP) is 0.974. The molecule has 56 valence electrons. The Hall–Kier alpha value is 0.360. The maximum Gasteiger partial charge on any atom is 0.292 e. The van der Waals surface area contributed by atoms with Gasteiger partial charge in [0.05, 0.1) is 5.33 Å². The second-order valence-electron chi connectivity index (χ2n) is 1.43. The quantitative estimate of drug-likeness (QED) is 0.498. The highest BCUT2D eigenvalue weighted by Gasteiger charge is 2.27. The largest absolute Gasteiger partial charge is 0.330 e. The molecule has 9 heavy (non-hydrogen) atoms. The molecular formula is C5H11BrO3. The molecule has 3 nitrogen and oxygen atoms in total. The van der Waals surface area contributed by atoms with Gasteiger partial charge in [0.1, 0.15) is 0 Å². The maximum atomic E-state index is 4.89. The Morgan fingerprint density at radius 3 is 1.44 bits per heavy atom. The molecule has 0 spiro atoms. The zero-order valence-electron chi connectivity index (χ0n) is 5.81. The lowest BCUT2D eigenvalue weighted by Gasteiger charge is -2.25. The summed E-state index contributed by atoms with van der Waals surface area (Å²) < 4.78 is 14.7. The average Bonchev–Trinajstić information content (AvgIpc) is 1.95. The third-order valence-electron chi connectivity index (χ3n) is 1.10. The maximum absolute atomic E-state index is 4.89. The van der Waals surface area contributed by atoms with Gasteiger partial charge in [-0.05, 0) is 0 Å². The molecule has 0 aliphatic carbocycles. The van der Waals surface area contributed by atoms with Crippen LogP contribution in [0, 0.1) is 0 Å². The molecule has 0 N–H and O–H groups in total. The van der Waals surface area contributed by atoms with Crippen LogP contribution >= 0.6 is 15.9 Å². The van der Waals surface area contributed by atoms with E-state index in [1.807, 2.05) is 0 Å². The van der Waals surface area contributed by atoms with Crippen molar-refractivity contribution in [2.45, 2.75) is 5.97 Å². The normalized spacial score (nSPS) is 12.0. The van der Waals surface area contributed by atoms with Crippen molar-refractivity contribution in [2.24, 2.45) is 0 Å². The first-order valence-corrected chi connectivity index (χ1v) is 3.58. The second kappa shape index (κ2) is 4.22. The van der Waals surface area contributed by atoms with Gasteiger partial charge >= 0.3 is 0 Å². The highest BCUT2D eigenvalue weighted by Crippen LogP contribution is 2.14. The minimum Gasteiger partial charge on any atom is -0.330 e. The zero-order chi connectivity index (χ0) is 7.33. The molecule has 0 heterocycles. The first-order chi connectivity index (χ1) is 4.24. The van der Waals surface area contributed by atoms with Crippen LogP contribution in [0.15, 0.2) is 0 Å². The molecule has 0 aliphatic heterocycles. The summed E-state index contributed by atoms with van der Waals surface area (Å²) in [6.45, 7) is 0. The lowest BCUT2D eigenvalue weighted by molar-refractivity contribution is -0.335. The summed E-state index contributed by atoms with van der Waals surface area (Å²) in [7, 11) is 4.57. The van der Waals surface area contributed by atoms with Crippen LogP contribution in [0.1, 0.15) is 0 Å². The van der Waals surface area contributed by atoms with Gasteiger partial charge in [-0.3, -0.25) is 0 Å². The molecule has 0 rings (SSSR count). The SMILES string of the molecule is COC(CBr)(OC)OC. The van der Waals surface area contributed by atoms with Crippen molar-refractivity contribution >= 4 is 15.9 Å². The Kier molecular flexibility index (Phi) is 4.39. The van der Waals surface area contributed by atoms with Gasteiger partial charge in [0, 0.05) is 21.3 Å². The fourth-order valence-electron chi connectivity index (χ4n) is 0.414. The van der Waals surface area contributed by atoms with Crippen molar-refractivity contribution in [3.63, 3.8) is 0 Å². The minimum atomic E-state index is -0.917. The predicted molar refractivity (Wildman–Crippen MR) is 37.6 cm³/mol. The van der Waals surface area contributed by atoms with Gasteiger partial charge in [0.2, 0.25) is 0 Å². The van der Waals surface area contributed by atoms with Gasteiger partial charge in [-0.25, -0.2) is 0 Å². The number of methoxy groups -OCH3 is 3. The molecule has 0 aromatic heterocycles. The lowest BCUT2D eigenvalue weighted by Crippen LogP contribution is -2.37. The van der Waals surface area contributed by atoms with Gasteiger partial charge in [-0.15, -0.1) is 0 Å². The Morgan fingerprint density at radius 1 is 1.11 bits per heavy atom. The molecular weight excluding hydrogens is 188 g/mol. The van der Waals surface area contributed by atoms with E-state index in [1.165, 1.54) is 21.3 Å². The van der Waals surface area contributed by atoms with E-state index in [2.05, 4.69) is 15.9 Å². The standard InChI is InChI=1S/C5H11BrO3/c1-7-5(4-6,8-2)9-3/h4H2,1-3H3. The summed E-state index contributed by atoms with van der Waals surface area (Å²) in [5, 5.41) is 0.490. The summed E-state index contributed by atoms with van der Waals surface area (Å²) in [4.78, 5) is 0. The molecule has 0 unspecified atom stereocenters. The molecule has 0 radical (unpaired) electrons. The van der Waals surface area contributed by atoms with E-state index in [1.54, 1.807) is 0 Å². The van der Waals surface area contributed by atoms with Crippen molar-refractivity contribution in [3.8, 4) is 0 Å². The third kappa shape index (κ3) is 2.21. The van der Waals surface area contributed by atoms with E-state index in [0.29, 0.717) is 5.33 Å². The number of ether oxygens (including phenoxy) is 3. The van der Waals surface area contributed by atoms with Gasteiger partial charge in [-0.2, -0.15) is 0 Å². The molecule has 0 aromatic rings. The zero-order valence-corrected chi connectivity index (χ0v) is 7.40. The molecule has 0 atom stereocenters. The average molecular weight is 199 g/mol. The van der Waals surface area contributed by atoms with Crippen molar-refractivity contribution in [3.05, 3.63) is 0 Å². The summed E-state index contributed by atoms with van der Waals surface area (Å²) in [6.07, 6.45) is 0. The number of alkyl halides is 1. The molecule has 0 fully saturated rings. The van der Waals surface area contributed by atoms with E-state index in [0.717, 1.165) is 0 Å². The van der Waals surface area contributed by atoms with Crippen molar-refractivity contribution in [1.29, 1.82) is 0 Å². The van der Waals surface area contributed by atoms with Crippen LogP contribution in [-0.2, 0) is 14.2 Å². The molecule has 0 aliphatic rings. The summed E-state index contributed by atoms with van der Waals surface area (Å²) in [5.74, 6) is -0.917. The van der Waals surface area contributed by atoms with Crippen LogP contribution in [-0.4, -0.2) is 32.6 Å². The van der Waals surface area contributed by atoms with Gasteiger partial charge in [0.25, 0.3) is 5.97 Å². The molecule has 0 saturated heterocycles. The van der Waals surface area contributed by atoms with Crippen LogP contribution in [0.3, 0.4) is 0 Å². The van der Waals surface area contributed by atoms with E-state index in [9.17, 15) is 0 Å². The van der Waals surface area contributed by atoms with Gasteiger partial charge < -0.3 is 14.2 Å². The van der Waals surface area contributed by atoms with Crippen molar-refractivity contribution in [2.75, 3.05) is 26.7 Å². The van der Waals surface area contributed by atoms with E-state index in [4.69, 9.17) is 14.2 Å². The van der Waals surface area contributed by atoms with Gasteiger partial charge in [0.15, 0.2) is 0 Å². The Labute approximate surface area is 63.4 Å². The van der Waals surface area contributed by atoms with E-state index < -0.39 is 5.97 Å². The third-order valence-corrected chi connectivity index (χ3v) is 1.78. The van der Waals surface area contributed by atoms with Crippen molar-refractivity contribution in [1.82, 2.24) is 0 Å². The number of rotatable bonds is 4. The lowest BCUT2D eigenvalue weighted by atomic mass is 10.6. The fourth-order valence-corrected chi connectivity index (χ4v) is 1.10. The highest BCUT2D eigenvalue weighted by atomic mass is 79.9. The first kappa shape index (κ1) is 9.36. The van der Waals surface area contributed by atoms with E-state index in [-0.39, 0.29) is 0 Å². The van der Waals surface area contributed by atoms with Crippen LogP contribution in [0.4, 0.5) is 0 Å². The Balaban J connectivity index is 3.82. The summed E-state index contributed by atoms with van der Waals surface area (Å²) in [5.41, 5.74) is 0. The topological polar surface area (TPSA) is 27.7 Å². The first-order valence-electron chi connectivity index (χ1n) is 2.46. The number of hydrogen-bond acceptors (Lipinski definition) is 3. The molecule has 4 heteroatoms. The summed E-state index contributed by atoms with van der Waals surface area (Å²) >= 11 is 3.18. The number of hydrogen-bond donors (Lipinski definition) is 0. The van der Waals surface area contributed by atoms with Crippen LogP contribution in [0.5, 0.6) is 0 Å². The monoisotopic (exact) mass is 198 g/mol. The second-order valence-corrected chi connectivity index (χ2v) is 1.99. The Morgan fingerprint density at radius 2 is 1.44 bits per heavy atom. The van der Waals surface area contributed by atoms with Gasteiger partial charge in [-0.1, -0.05) is 15.9 Å². The van der Waals surface area contributed by atoms with E-state index >= 15 is 0 Å². The fraction of sp³-hybridized carbons (Fsp3) is 1.00. The van der Waals surface area contributed by atoms with Crippen molar-refractivity contribution < 1.29 is 14.2 Å². The smallest absolute Gasteiger partial charge is 0.292 e. The minimum absolute atomic E-state index is 0.490. The highest BCUT2D eigenvalue weighted by molar-refractivity contribution is 9.09. The Bertz CT molecular complexity index is 55.1. The molecule has 0 bridgehead atoms. The molecule has 0 saturated carbocycles.